The van der Waals surface area contributed by atoms with Gasteiger partial charge in [-0.15, -0.1) is 5.10 Å². The van der Waals surface area contributed by atoms with Crippen LogP contribution in [0.2, 0.25) is 0 Å². The molecule has 0 aliphatic heterocycles. The first-order valence-corrected chi connectivity index (χ1v) is 5.35. The first kappa shape index (κ1) is 10.6. The fraction of sp³-hybridized carbons (Fsp3) is 0.0909. The van der Waals surface area contributed by atoms with Crippen LogP contribution in [0.25, 0.3) is 5.69 Å². The van der Waals surface area contributed by atoms with Gasteiger partial charge in [0, 0.05) is 0 Å². The van der Waals surface area contributed by atoms with Crippen LogP contribution in [0, 0.1) is 0 Å². The lowest BCUT2D eigenvalue weighted by Crippen LogP contribution is -2.09. The average molecular weight is 242 g/mol. The van der Waals surface area contributed by atoms with Crippen LogP contribution in [0.15, 0.2) is 42.9 Å². The van der Waals surface area contributed by atoms with Gasteiger partial charge in [0.2, 0.25) is 0 Å². The summed E-state index contributed by atoms with van der Waals surface area (Å²) in [6.45, 7) is 0. The van der Waals surface area contributed by atoms with E-state index >= 15 is 0 Å². The molecule has 0 spiro atoms. The summed E-state index contributed by atoms with van der Waals surface area (Å²) in [5.41, 5.74) is 1.35. The molecule has 3 aromatic rings. The maximum absolute atomic E-state index is 10.2. The third-order valence-electron chi connectivity index (χ3n) is 2.55. The van der Waals surface area contributed by atoms with Gasteiger partial charge >= 0.3 is 0 Å². The first-order chi connectivity index (χ1) is 8.86. The van der Waals surface area contributed by atoms with Crippen LogP contribution in [-0.2, 0) is 0 Å². The van der Waals surface area contributed by atoms with Gasteiger partial charge in [0.1, 0.15) is 12.0 Å². The smallest absolute Gasteiger partial charge is 0.159 e. The third kappa shape index (κ3) is 1.76. The van der Waals surface area contributed by atoms with Crippen molar-refractivity contribution in [1.82, 2.24) is 30.2 Å². The second-order valence-corrected chi connectivity index (χ2v) is 3.68. The number of benzene rings is 1. The highest BCUT2D eigenvalue weighted by atomic mass is 16.3. The van der Waals surface area contributed by atoms with Gasteiger partial charge in [-0.2, -0.15) is 5.10 Å². The van der Waals surface area contributed by atoms with E-state index in [2.05, 4.69) is 25.5 Å². The van der Waals surface area contributed by atoms with Crippen LogP contribution >= 0.6 is 0 Å². The highest BCUT2D eigenvalue weighted by Crippen LogP contribution is 2.19. The fourth-order valence-corrected chi connectivity index (χ4v) is 1.69. The van der Waals surface area contributed by atoms with Gasteiger partial charge in [-0.1, -0.05) is 23.4 Å². The van der Waals surface area contributed by atoms with Gasteiger partial charge < -0.3 is 5.11 Å². The average Bonchev–Trinajstić information content (AvgIpc) is 3.10. The van der Waals surface area contributed by atoms with Gasteiger partial charge in [-0.25, -0.2) is 9.67 Å². The highest BCUT2D eigenvalue weighted by molar-refractivity contribution is 5.32. The SMILES string of the molecule is OC(c1ncn[nH]1)c1cnnn1-c1ccccc1. The summed E-state index contributed by atoms with van der Waals surface area (Å²) in [6, 6.07) is 9.45. The molecular formula is C11H10N6O. The van der Waals surface area contributed by atoms with E-state index in [-0.39, 0.29) is 0 Å². The largest absolute Gasteiger partial charge is 0.379 e. The van der Waals surface area contributed by atoms with Crippen LogP contribution in [0.4, 0.5) is 0 Å². The molecule has 2 heterocycles. The van der Waals surface area contributed by atoms with Crippen molar-refractivity contribution >= 4 is 0 Å². The fourth-order valence-electron chi connectivity index (χ4n) is 1.69. The van der Waals surface area contributed by atoms with Crippen molar-refractivity contribution in [2.24, 2.45) is 0 Å². The molecule has 2 aromatic heterocycles. The molecule has 0 saturated heterocycles. The normalized spacial score (nSPS) is 12.5. The molecule has 0 radical (unpaired) electrons. The van der Waals surface area contributed by atoms with E-state index < -0.39 is 6.10 Å². The zero-order chi connectivity index (χ0) is 12.4. The number of H-pyrrole nitrogens is 1. The molecule has 0 bridgehead atoms. The van der Waals surface area contributed by atoms with Crippen molar-refractivity contribution < 1.29 is 5.11 Å². The van der Waals surface area contributed by atoms with Crippen molar-refractivity contribution in [2.45, 2.75) is 6.10 Å². The lowest BCUT2D eigenvalue weighted by Gasteiger charge is -2.09. The number of hydrogen-bond donors (Lipinski definition) is 2. The molecule has 90 valence electrons. The molecule has 0 fully saturated rings. The Balaban J connectivity index is 2.02. The molecule has 0 saturated carbocycles. The summed E-state index contributed by atoms with van der Waals surface area (Å²) >= 11 is 0. The summed E-state index contributed by atoms with van der Waals surface area (Å²) in [6.07, 6.45) is 1.90. The van der Waals surface area contributed by atoms with Gasteiger partial charge in [0.05, 0.1) is 11.9 Å². The predicted octanol–water partition coefficient (Wildman–Crippen LogP) is 0.467. The molecule has 0 amide bonds. The van der Waals surface area contributed by atoms with E-state index in [4.69, 9.17) is 0 Å². The van der Waals surface area contributed by atoms with Crippen LogP contribution in [-0.4, -0.2) is 35.3 Å². The number of aliphatic hydroxyl groups excluding tert-OH is 1. The van der Waals surface area contributed by atoms with E-state index in [1.54, 1.807) is 4.68 Å². The van der Waals surface area contributed by atoms with Crippen LogP contribution < -0.4 is 0 Å². The van der Waals surface area contributed by atoms with Gasteiger partial charge in [0.25, 0.3) is 0 Å². The Morgan fingerprint density at radius 3 is 2.78 bits per heavy atom. The summed E-state index contributed by atoms with van der Waals surface area (Å²) < 4.78 is 1.56. The van der Waals surface area contributed by atoms with Crippen LogP contribution in [0.3, 0.4) is 0 Å². The molecule has 7 nitrogen and oxygen atoms in total. The van der Waals surface area contributed by atoms with Gasteiger partial charge in [-0.05, 0) is 12.1 Å². The Morgan fingerprint density at radius 2 is 2.06 bits per heavy atom. The topological polar surface area (TPSA) is 92.5 Å². The second-order valence-electron chi connectivity index (χ2n) is 3.68. The number of nitrogens with one attached hydrogen (secondary N) is 1. The number of nitrogens with zero attached hydrogens (tertiary/aromatic N) is 5. The van der Waals surface area contributed by atoms with E-state index in [9.17, 15) is 5.11 Å². The molecule has 0 aliphatic rings. The molecule has 7 heteroatoms. The summed E-state index contributed by atoms with van der Waals surface area (Å²) in [5.74, 6) is 0.356. The lowest BCUT2D eigenvalue weighted by atomic mass is 10.2. The van der Waals surface area contributed by atoms with Crippen molar-refractivity contribution in [3.63, 3.8) is 0 Å². The van der Waals surface area contributed by atoms with Crippen LogP contribution in [0.5, 0.6) is 0 Å². The molecule has 2 N–H and O–H groups in total. The van der Waals surface area contributed by atoms with Crippen molar-refractivity contribution in [3.05, 3.63) is 54.4 Å². The molecular weight excluding hydrogens is 232 g/mol. The number of para-hydroxylation sites is 1. The Hall–Kier alpha value is -2.54. The lowest BCUT2D eigenvalue weighted by molar-refractivity contribution is 0.202. The first-order valence-electron chi connectivity index (χ1n) is 5.35. The standard InChI is InChI=1S/C11H10N6O/c18-10(11-12-7-14-15-11)9-6-13-16-17(9)8-4-2-1-3-5-8/h1-7,10,18H,(H,12,14,15). The van der Waals surface area contributed by atoms with Crippen molar-refractivity contribution in [2.75, 3.05) is 0 Å². The van der Waals surface area contributed by atoms with Gasteiger partial charge in [0.15, 0.2) is 11.9 Å². The molecule has 1 atom stereocenters. The summed E-state index contributed by atoms with van der Waals surface area (Å²) in [4.78, 5) is 3.92. The number of aromatic nitrogens is 6. The minimum absolute atomic E-state index is 0.356. The molecule has 1 unspecified atom stereocenters. The zero-order valence-electron chi connectivity index (χ0n) is 9.30. The molecule has 3 rings (SSSR count). The zero-order valence-corrected chi connectivity index (χ0v) is 9.30. The Morgan fingerprint density at radius 1 is 1.22 bits per heavy atom. The van der Waals surface area contributed by atoms with E-state index in [1.807, 2.05) is 30.3 Å². The molecule has 1 aromatic carbocycles. The number of aliphatic hydroxyl groups is 1. The monoisotopic (exact) mass is 242 g/mol. The Labute approximate surface area is 102 Å². The number of hydrogen-bond acceptors (Lipinski definition) is 5. The minimum atomic E-state index is -0.942. The van der Waals surface area contributed by atoms with Gasteiger partial charge in [-0.3, -0.25) is 5.10 Å². The molecule has 18 heavy (non-hydrogen) atoms. The Kier molecular flexibility index (Phi) is 2.58. The minimum Gasteiger partial charge on any atom is -0.379 e. The maximum Gasteiger partial charge on any atom is 0.159 e. The van der Waals surface area contributed by atoms with Crippen molar-refractivity contribution in [3.8, 4) is 5.69 Å². The second kappa shape index (κ2) is 4.38. The molecule has 0 aliphatic carbocycles. The number of aromatic amines is 1. The van der Waals surface area contributed by atoms with E-state index in [0.717, 1.165) is 5.69 Å². The third-order valence-corrected chi connectivity index (χ3v) is 2.55. The summed E-state index contributed by atoms with van der Waals surface area (Å²) in [5, 5.41) is 24.3. The Bertz CT molecular complexity index is 618. The predicted molar refractivity (Wildman–Crippen MR) is 61.8 cm³/mol. The number of rotatable bonds is 3. The maximum atomic E-state index is 10.2. The van der Waals surface area contributed by atoms with E-state index in [0.29, 0.717) is 11.5 Å². The van der Waals surface area contributed by atoms with Crippen LogP contribution in [0.1, 0.15) is 17.6 Å². The quantitative estimate of drug-likeness (QED) is 0.696. The highest BCUT2D eigenvalue weighted by Gasteiger charge is 2.19. The van der Waals surface area contributed by atoms with Crippen molar-refractivity contribution in [1.29, 1.82) is 0 Å². The van der Waals surface area contributed by atoms with E-state index in [1.165, 1.54) is 12.5 Å². The summed E-state index contributed by atoms with van der Waals surface area (Å²) in [7, 11) is 0.